The number of amides is 1. The van der Waals surface area contributed by atoms with E-state index in [1.165, 1.54) is 0 Å². The van der Waals surface area contributed by atoms with Crippen LogP contribution in [0.5, 0.6) is 0 Å². The quantitative estimate of drug-likeness (QED) is 0.863. The van der Waals surface area contributed by atoms with E-state index in [0.717, 1.165) is 16.6 Å². The molecule has 0 unspecified atom stereocenters. The lowest BCUT2D eigenvalue weighted by Crippen LogP contribution is -2.14. The van der Waals surface area contributed by atoms with E-state index in [2.05, 4.69) is 28.2 Å². The summed E-state index contributed by atoms with van der Waals surface area (Å²) in [6.45, 7) is 2.10. The largest absolute Gasteiger partial charge is 0.326 e. The molecule has 2 nitrogen and oxygen atoms in total. The topological polar surface area (TPSA) is 29.1 Å². The zero-order chi connectivity index (χ0) is 10.1. The summed E-state index contributed by atoms with van der Waals surface area (Å²) in [7, 11) is 0. The summed E-state index contributed by atoms with van der Waals surface area (Å²) in [6.07, 6.45) is 1.03. The Balaban J connectivity index is 2.00. The van der Waals surface area contributed by atoms with E-state index in [9.17, 15) is 4.79 Å². The molecule has 1 N–H and O–H groups in total. The number of halogens is 1. The molecule has 1 aliphatic carbocycles. The first-order chi connectivity index (χ1) is 6.66. The molecule has 0 aliphatic heterocycles. The highest BCUT2D eigenvalue weighted by Crippen LogP contribution is 2.38. The van der Waals surface area contributed by atoms with Crippen LogP contribution < -0.4 is 5.32 Å². The molecule has 1 amide bonds. The Morgan fingerprint density at radius 3 is 2.86 bits per heavy atom. The summed E-state index contributed by atoms with van der Waals surface area (Å²) < 4.78 is 0.985. The number of nitrogens with one attached hydrogen (secondary N) is 1. The van der Waals surface area contributed by atoms with Crippen molar-refractivity contribution in [3.8, 4) is 0 Å². The van der Waals surface area contributed by atoms with Crippen LogP contribution in [0.15, 0.2) is 28.7 Å². The zero-order valence-electron chi connectivity index (χ0n) is 7.96. The molecular weight excluding hydrogens is 242 g/mol. The van der Waals surface area contributed by atoms with Crippen molar-refractivity contribution >= 4 is 27.5 Å². The lowest BCUT2D eigenvalue weighted by Gasteiger charge is -2.04. The summed E-state index contributed by atoms with van der Waals surface area (Å²) in [6, 6.07) is 7.66. The minimum Gasteiger partial charge on any atom is -0.326 e. The van der Waals surface area contributed by atoms with Gasteiger partial charge in [-0.3, -0.25) is 4.79 Å². The van der Waals surface area contributed by atoms with E-state index in [0.29, 0.717) is 5.92 Å². The summed E-state index contributed by atoms with van der Waals surface area (Å²) in [4.78, 5) is 11.6. The maximum atomic E-state index is 11.6. The fourth-order valence-electron chi connectivity index (χ4n) is 1.49. The Hall–Kier alpha value is -0.830. The van der Waals surface area contributed by atoms with Crippen molar-refractivity contribution in [2.75, 3.05) is 5.32 Å². The number of hydrogen-bond donors (Lipinski definition) is 1. The highest BCUT2D eigenvalue weighted by Gasteiger charge is 2.38. The minimum absolute atomic E-state index is 0.149. The van der Waals surface area contributed by atoms with Gasteiger partial charge in [0.15, 0.2) is 0 Å². The zero-order valence-corrected chi connectivity index (χ0v) is 9.54. The van der Waals surface area contributed by atoms with E-state index in [1.807, 2.05) is 24.3 Å². The summed E-state index contributed by atoms with van der Waals surface area (Å²) in [5.74, 6) is 0.937. The predicted octanol–water partition coefficient (Wildman–Crippen LogP) is 3.04. The van der Waals surface area contributed by atoms with E-state index < -0.39 is 0 Å². The number of carbonyl (C=O) groups excluding carboxylic acids is 1. The second-order valence-electron chi connectivity index (χ2n) is 3.82. The molecule has 3 heteroatoms. The van der Waals surface area contributed by atoms with Gasteiger partial charge in [-0.2, -0.15) is 0 Å². The van der Waals surface area contributed by atoms with Crippen molar-refractivity contribution in [3.05, 3.63) is 28.7 Å². The van der Waals surface area contributed by atoms with Crippen molar-refractivity contribution in [3.63, 3.8) is 0 Å². The van der Waals surface area contributed by atoms with Crippen LogP contribution in [0.3, 0.4) is 0 Å². The van der Waals surface area contributed by atoms with Gasteiger partial charge < -0.3 is 5.32 Å². The van der Waals surface area contributed by atoms with Gasteiger partial charge in [0.2, 0.25) is 5.91 Å². The van der Waals surface area contributed by atoms with Crippen LogP contribution in [-0.4, -0.2) is 5.91 Å². The van der Waals surface area contributed by atoms with Crippen LogP contribution in [-0.2, 0) is 4.79 Å². The van der Waals surface area contributed by atoms with Crippen molar-refractivity contribution in [2.24, 2.45) is 11.8 Å². The lowest BCUT2D eigenvalue weighted by molar-refractivity contribution is -0.117. The molecule has 0 aromatic heterocycles. The third-order valence-electron chi connectivity index (χ3n) is 2.54. The molecule has 1 aromatic carbocycles. The van der Waals surface area contributed by atoms with Gasteiger partial charge in [-0.1, -0.05) is 28.9 Å². The van der Waals surface area contributed by atoms with E-state index in [4.69, 9.17) is 0 Å². The molecule has 2 rings (SSSR count). The molecule has 74 valence electrons. The normalized spacial score (nSPS) is 24.4. The highest BCUT2D eigenvalue weighted by atomic mass is 79.9. The first-order valence-electron chi connectivity index (χ1n) is 4.73. The molecule has 2 atom stereocenters. The first-order valence-corrected chi connectivity index (χ1v) is 5.52. The van der Waals surface area contributed by atoms with Crippen molar-refractivity contribution in [2.45, 2.75) is 13.3 Å². The van der Waals surface area contributed by atoms with Gasteiger partial charge in [0.05, 0.1) is 0 Å². The standard InChI is InChI=1S/C11H12BrNO/c1-7-5-10(7)11(14)13-9-4-2-3-8(12)6-9/h2-4,6-7,10H,5H2,1H3,(H,13,14)/t7-,10-/m1/s1. The number of benzene rings is 1. The summed E-state index contributed by atoms with van der Waals surface area (Å²) in [5, 5.41) is 2.91. The predicted molar refractivity (Wildman–Crippen MR) is 60.0 cm³/mol. The summed E-state index contributed by atoms with van der Waals surface area (Å²) in [5.41, 5.74) is 0.864. The molecule has 1 aliphatic rings. The van der Waals surface area contributed by atoms with E-state index in [1.54, 1.807) is 0 Å². The van der Waals surface area contributed by atoms with E-state index in [-0.39, 0.29) is 11.8 Å². The number of carbonyl (C=O) groups is 1. The van der Waals surface area contributed by atoms with Crippen molar-refractivity contribution in [1.82, 2.24) is 0 Å². The second-order valence-corrected chi connectivity index (χ2v) is 4.73. The van der Waals surface area contributed by atoms with Crippen LogP contribution in [0, 0.1) is 11.8 Å². The molecular formula is C11H12BrNO. The highest BCUT2D eigenvalue weighted by molar-refractivity contribution is 9.10. The summed E-state index contributed by atoms with van der Waals surface area (Å²) >= 11 is 3.37. The van der Waals surface area contributed by atoms with Gasteiger partial charge in [-0.25, -0.2) is 0 Å². The Morgan fingerprint density at radius 2 is 2.29 bits per heavy atom. The van der Waals surface area contributed by atoms with Crippen molar-refractivity contribution < 1.29 is 4.79 Å². The molecule has 1 saturated carbocycles. The monoisotopic (exact) mass is 253 g/mol. The lowest BCUT2D eigenvalue weighted by atomic mass is 10.3. The number of anilines is 1. The van der Waals surface area contributed by atoms with Crippen LogP contribution in [0.25, 0.3) is 0 Å². The maximum absolute atomic E-state index is 11.6. The van der Waals surface area contributed by atoms with Gasteiger partial charge in [0.25, 0.3) is 0 Å². The molecule has 0 bridgehead atoms. The molecule has 14 heavy (non-hydrogen) atoms. The van der Waals surface area contributed by atoms with Crippen LogP contribution >= 0.6 is 15.9 Å². The molecule has 0 heterocycles. The fourth-order valence-corrected chi connectivity index (χ4v) is 1.89. The molecule has 0 radical (unpaired) electrons. The average molecular weight is 254 g/mol. The number of hydrogen-bond acceptors (Lipinski definition) is 1. The third-order valence-corrected chi connectivity index (χ3v) is 3.03. The smallest absolute Gasteiger partial charge is 0.227 e. The first kappa shape index (κ1) is 9.71. The Morgan fingerprint density at radius 1 is 1.57 bits per heavy atom. The Kier molecular flexibility index (Phi) is 2.59. The third kappa shape index (κ3) is 2.15. The van der Waals surface area contributed by atoms with Gasteiger partial charge in [-0.15, -0.1) is 0 Å². The minimum atomic E-state index is 0.149. The van der Waals surface area contributed by atoms with E-state index >= 15 is 0 Å². The molecule has 0 saturated heterocycles. The maximum Gasteiger partial charge on any atom is 0.227 e. The molecule has 0 spiro atoms. The number of rotatable bonds is 2. The molecule has 1 aromatic rings. The Labute approximate surface area is 91.8 Å². The fraction of sp³-hybridized carbons (Fsp3) is 0.364. The Bertz CT molecular complexity index is 364. The molecule has 1 fully saturated rings. The van der Waals surface area contributed by atoms with Gasteiger partial charge in [-0.05, 0) is 30.5 Å². The van der Waals surface area contributed by atoms with Gasteiger partial charge in [0, 0.05) is 16.1 Å². The van der Waals surface area contributed by atoms with Gasteiger partial charge in [0.1, 0.15) is 0 Å². The van der Waals surface area contributed by atoms with Crippen LogP contribution in [0.2, 0.25) is 0 Å². The SMILES string of the molecule is C[C@@H]1C[C@H]1C(=O)Nc1cccc(Br)c1. The van der Waals surface area contributed by atoms with Crippen LogP contribution in [0.4, 0.5) is 5.69 Å². The van der Waals surface area contributed by atoms with Crippen LogP contribution in [0.1, 0.15) is 13.3 Å². The van der Waals surface area contributed by atoms with Crippen molar-refractivity contribution in [1.29, 1.82) is 0 Å². The van der Waals surface area contributed by atoms with Gasteiger partial charge >= 0.3 is 0 Å². The second kappa shape index (κ2) is 3.73. The average Bonchev–Trinajstić information content (AvgIpc) is 2.82.